The molecule has 1 aliphatic heterocycles. The molecular formula is C6H12N. The highest BCUT2D eigenvalue weighted by atomic mass is 14.9. The zero-order valence-corrected chi connectivity index (χ0v) is 5.07. The molecule has 1 saturated heterocycles. The number of hydrogen-bond acceptors (Lipinski definition) is 0. The summed E-state index contributed by atoms with van der Waals surface area (Å²) in [5.74, 6) is 0. The van der Waals surface area contributed by atoms with Crippen molar-refractivity contribution in [3.05, 3.63) is 0 Å². The van der Waals surface area contributed by atoms with Gasteiger partial charge in [0.15, 0.2) is 0 Å². The van der Waals surface area contributed by atoms with Crippen LogP contribution in [0.1, 0.15) is 20.3 Å². The van der Waals surface area contributed by atoms with Gasteiger partial charge < -0.3 is 0 Å². The Labute approximate surface area is 45.1 Å². The van der Waals surface area contributed by atoms with Crippen LogP contribution in [0.15, 0.2) is 0 Å². The highest BCUT2D eigenvalue weighted by Crippen LogP contribution is 2.22. The van der Waals surface area contributed by atoms with Gasteiger partial charge in [0.25, 0.3) is 0 Å². The van der Waals surface area contributed by atoms with Crippen molar-refractivity contribution in [1.29, 1.82) is 0 Å². The molecule has 1 heteroatoms. The molecule has 1 rings (SSSR count). The summed E-state index contributed by atoms with van der Waals surface area (Å²) in [5.41, 5.74) is 0.528. The smallest absolute Gasteiger partial charge is 0.0185 e. The topological polar surface area (TPSA) is 14.1 Å². The third-order valence-corrected chi connectivity index (χ3v) is 1.49. The fourth-order valence-electron chi connectivity index (χ4n) is 0.842. The molecular weight excluding hydrogens is 86.1 g/mol. The van der Waals surface area contributed by atoms with Gasteiger partial charge in [-0.15, -0.1) is 0 Å². The number of rotatable bonds is 0. The third-order valence-electron chi connectivity index (χ3n) is 1.49. The zero-order chi connectivity index (χ0) is 5.33. The summed E-state index contributed by atoms with van der Waals surface area (Å²) in [6.45, 7) is 6.70. The second-order valence-corrected chi connectivity index (χ2v) is 3.02. The molecule has 0 bridgehead atoms. The molecule has 0 aromatic carbocycles. The molecule has 1 heterocycles. The van der Waals surface area contributed by atoms with Gasteiger partial charge in [-0.2, -0.15) is 0 Å². The SMILES string of the molecule is CC1(C)CC[N]C1. The average molecular weight is 98.2 g/mol. The quantitative estimate of drug-likeness (QED) is 0.429. The fraction of sp³-hybridized carbons (Fsp3) is 1.00. The van der Waals surface area contributed by atoms with Crippen LogP contribution in [0.3, 0.4) is 0 Å². The van der Waals surface area contributed by atoms with Crippen molar-refractivity contribution in [3.8, 4) is 0 Å². The molecule has 7 heavy (non-hydrogen) atoms. The van der Waals surface area contributed by atoms with Crippen LogP contribution in [0, 0.1) is 5.41 Å². The van der Waals surface area contributed by atoms with Crippen LogP contribution >= 0.6 is 0 Å². The summed E-state index contributed by atoms with van der Waals surface area (Å²) >= 11 is 0. The molecule has 1 fully saturated rings. The van der Waals surface area contributed by atoms with Gasteiger partial charge in [0.2, 0.25) is 0 Å². The molecule has 0 unspecified atom stereocenters. The monoisotopic (exact) mass is 98.1 g/mol. The van der Waals surface area contributed by atoms with Gasteiger partial charge in [-0.05, 0) is 11.8 Å². The number of nitrogens with zero attached hydrogens (tertiary/aromatic N) is 1. The van der Waals surface area contributed by atoms with Crippen LogP contribution < -0.4 is 5.32 Å². The zero-order valence-electron chi connectivity index (χ0n) is 5.07. The van der Waals surface area contributed by atoms with E-state index in [2.05, 4.69) is 19.2 Å². The Balaban J connectivity index is 2.40. The summed E-state index contributed by atoms with van der Waals surface area (Å²) in [4.78, 5) is 0. The van der Waals surface area contributed by atoms with E-state index in [-0.39, 0.29) is 0 Å². The van der Waals surface area contributed by atoms with Gasteiger partial charge in [0, 0.05) is 13.1 Å². The summed E-state index contributed by atoms with van der Waals surface area (Å²) in [6, 6.07) is 0. The summed E-state index contributed by atoms with van der Waals surface area (Å²) in [5, 5.41) is 4.24. The predicted molar refractivity (Wildman–Crippen MR) is 30.3 cm³/mol. The highest BCUT2D eigenvalue weighted by Gasteiger charge is 2.22. The van der Waals surface area contributed by atoms with Crippen molar-refractivity contribution in [2.45, 2.75) is 20.3 Å². The first-order valence-electron chi connectivity index (χ1n) is 2.84. The van der Waals surface area contributed by atoms with Crippen molar-refractivity contribution < 1.29 is 0 Å². The first-order valence-corrected chi connectivity index (χ1v) is 2.84. The van der Waals surface area contributed by atoms with E-state index in [1.807, 2.05) is 0 Å². The van der Waals surface area contributed by atoms with E-state index in [0.717, 1.165) is 13.1 Å². The maximum Gasteiger partial charge on any atom is 0.0185 e. The molecule has 1 nitrogen and oxygen atoms in total. The van der Waals surface area contributed by atoms with Gasteiger partial charge in [0.05, 0.1) is 0 Å². The van der Waals surface area contributed by atoms with Crippen LogP contribution in [-0.4, -0.2) is 13.1 Å². The Hall–Kier alpha value is -0.0400. The highest BCUT2D eigenvalue weighted by molar-refractivity contribution is 4.77. The van der Waals surface area contributed by atoms with E-state index >= 15 is 0 Å². The molecule has 0 saturated carbocycles. The van der Waals surface area contributed by atoms with Crippen molar-refractivity contribution >= 4 is 0 Å². The van der Waals surface area contributed by atoms with Crippen LogP contribution in [0.4, 0.5) is 0 Å². The van der Waals surface area contributed by atoms with Crippen LogP contribution in [0.25, 0.3) is 0 Å². The molecule has 0 aliphatic carbocycles. The van der Waals surface area contributed by atoms with Crippen LogP contribution in [-0.2, 0) is 0 Å². The van der Waals surface area contributed by atoms with Gasteiger partial charge in [0.1, 0.15) is 0 Å². The Morgan fingerprint density at radius 3 is 2.29 bits per heavy atom. The van der Waals surface area contributed by atoms with Crippen LogP contribution in [0.5, 0.6) is 0 Å². The third kappa shape index (κ3) is 1.16. The minimum atomic E-state index is 0.528. The van der Waals surface area contributed by atoms with Crippen molar-refractivity contribution in [3.63, 3.8) is 0 Å². The molecule has 0 aromatic rings. The summed E-state index contributed by atoms with van der Waals surface area (Å²) in [7, 11) is 0. The van der Waals surface area contributed by atoms with Crippen molar-refractivity contribution in [2.75, 3.05) is 13.1 Å². The van der Waals surface area contributed by atoms with Gasteiger partial charge in [-0.25, -0.2) is 5.32 Å². The largest absolute Gasteiger partial charge is 0.241 e. The minimum absolute atomic E-state index is 0.528. The van der Waals surface area contributed by atoms with Gasteiger partial charge in [-0.3, -0.25) is 0 Å². The van der Waals surface area contributed by atoms with E-state index in [4.69, 9.17) is 0 Å². The predicted octanol–water partition coefficient (Wildman–Crippen LogP) is 1.02. The maximum absolute atomic E-state index is 4.24. The van der Waals surface area contributed by atoms with E-state index in [9.17, 15) is 0 Å². The lowest BCUT2D eigenvalue weighted by molar-refractivity contribution is 0.412. The molecule has 0 N–H and O–H groups in total. The fourth-order valence-corrected chi connectivity index (χ4v) is 0.842. The van der Waals surface area contributed by atoms with Crippen LogP contribution in [0.2, 0.25) is 0 Å². The van der Waals surface area contributed by atoms with Crippen molar-refractivity contribution in [1.82, 2.24) is 5.32 Å². The van der Waals surface area contributed by atoms with Gasteiger partial charge in [-0.1, -0.05) is 13.8 Å². The molecule has 0 spiro atoms. The molecule has 0 atom stereocenters. The van der Waals surface area contributed by atoms with E-state index in [1.54, 1.807) is 0 Å². The Morgan fingerprint density at radius 2 is 2.14 bits per heavy atom. The Bertz CT molecular complexity index is 58.6. The molecule has 0 amide bonds. The van der Waals surface area contributed by atoms with E-state index in [1.165, 1.54) is 6.42 Å². The minimum Gasteiger partial charge on any atom is -0.241 e. The lowest BCUT2D eigenvalue weighted by Crippen LogP contribution is -2.11. The lowest BCUT2D eigenvalue weighted by Gasteiger charge is -2.12. The molecule has 1 aliphatic rings. The maximum atomic E-state index is 4.24. The molecule has 41 valence electrons. The lowest BCUT2D eigenvalue weighted by atomic mass is 9.93. The normalized spacial score (nSPS) is 28.3. The second-order valence-electron chi connectivity index (χ2n) is 3.02. The summed E-state index contributed by atoms with van der Waals surface area (Å²) < 4.78 is 0. The number of hydrogen-bond donors (Lipinski definition) is 0. The van der Waals surface area contributed by atoms with E-state index in [0.29, 0.717) is 5.41 Å². The first kappa shape index (κ1) is 5.10. The molecule has 0 aromatic heterocycles. The van der Waals surface area contributed by atoms with E-state index < -0.39 is 0 Å². The first-order chi connectivity index (χ1) is 3.21. The Kier molecular flexibility index (Phi) is 1.08. The summed E-state index contributed by atoms with van der Waals surface area (Å²) in [6.07, 6.45) is 1.28. The van der Waals surface area contributed by atoms with Crippen molar-refractivity contribution in [2.24, 2.45) is 5.41 Å². The second kappa shape index (κ2) is 1.48. The Morgan fingerprint density at radius 1 is 1.43 bits per heavy atom. The average Bonchev–Trinajstić information content (AvgIpc) is 1.84. The molecule has 1 radical (unpaired) electrons. The standard InChI is InChI=1S/C6H12N/c1-6(2)3-4-7-5-6/h3-5H2,1-2H3. The van der Waals surface area contributed by atoms with Gasteiger partial charge >= 0.3 is 0 Å².